The molecule has 17 heavy (non-hydrogen) atoms. The molecule has 1 rings (SSSR count). The number of ketones is 2. The number of carbonyl (C=O) groups is 2. The second kappa shape index (κ2) is 13.1. The van der Waals surface area contributed by atoms with Gasteiger partial charge in [-0.1, -0.05) is 0 Å². The minimum atomic E-state index is -0.0370. The summed E-state index contributed by atoms with van der Waals surface area (Å²) < 4.78 is 10.1. The number of hydrogen-bond donors (Lipinski definition) is 0. The highest BCUT2D eigenvalue weighted by atomic mass is 16.7. The van der Waals surface area contributed by atoms with Gasteiger partial charge in [-0.25, -0.2) is 0 Å². The van der Waals surface area contributed by atoms with E-state index in [1.54, 1.807) is 0 Å². The van der Waals surface area contributed by atoms with E-state index >= 15 is 0 Å². The molecule has 0 aromatic rings. The Hall–Kier alpha value is -1.00. The van der Waals surface area contributed by atoms with Gasteiger partial charge in [0, 0.05) is 26.1 Å². The van der Waals surface area contributed by atoms with Gasteiger partial charge in [-0.15, -0.1) is 13.2 Å². The van der Waals surface area contributed by atoms with Crippen LogP contribution < -0.4 is 0 Å². The molecule has 1 aliphatic carbocycles. The molecular formula is C13H24O4. The van der Waals surface area contributed by atoms with Crippen molar-refractivity contribution in [1.29, 1.82) is 0 Å². The molecule has 1 aliphatic rings. The van der Waals surface area contributed by atoms with Gasteiger partial charge in [-0.05, 0) is 20.8 Å². The second-order valence-corrected chi connectivity index (χ2v) is 3.23. The summed E-state index contributed by atoms with van der Waals surface area (Å²) >= 11 is 0. The summed E-state index contributed by atoms with van der Waals surface area (Å²) in [6.07, 6.45) is 1.13. The molecule has 0 amide bonds. The topological polar surface area (TPSA) is 52.6 Å². The maximum Gasteiger partial charge on any atom is 0.154 e. The molecule has 0 heterocycles. The average Bonchev–Trinajstić information content (AvgIpc) is 2.67. The lowest BCUT2D eigenvalue weighted by Gasteiger charge is -2.09. The number of hydrogen-bond acceptors (Lipinski definition) is 4. The van der Waals surface area contributed by atoms with Crippen LogP contribution in [0.5, 0.6) is 0 Å². The number of Topliss-reactive ketones (excluding diaryl/α,β-unsaturated/α-hetero) is 2. The van der Waals surface area contributed by atoms with E-state index in [-0.39, 0.29) is 24.3 Å². The highest BCUT2D eigenvalue weighted by Gasteiger charge is 2.17. The normalized spacial score (nSPS) is 13.9. The Morgan fingerprint density at radius 2 is 1.41 bits per heavy atom. The summed E-state index contributed by atoms with van der Waals surface area (Å²) in [5, 5.41) is 0. The van der Waals surface area contributed by atoms with Gasteiger partial charge in [0.05, 0.1) is 6.42 Å². The van der Waals surface area contributed by atoms with E-state index < -0.39 is 0 Å². The van der Waals surface area contributed by atoms with Crippen molar-refractivity contribution in [3.8, 4) is 0 Å². The third-order valence-corrected chi connectivity index (χ3v) is 1.88. The Labute approximate surface area is 104 Å². The van der Waals surface area contributed by atoms with Gasteiger partial charge < -0.3 is 9.47 Å². The first kappa shape index (κ1) is 18.4. The van der Waals surface area contributed by atoms with Crippen molar-refractivity contribution in [3.05, 3.63) is 13.2 Å². The molecule has 0 spiro atoms. The van der Waals surface area contributed by atoms with E-state index in [0.29, 0.717) is 12.8 Å². The first-order valence-electron chi connectivity index (χ1n) is 5.86. The minimum Gasteiger partial charge on any atom is -0.353 e. The predicted molar refractivity (Wildman–Crippen MR) is 67.8 cm³/mol. The molecule has 100 valence electrons. The van der Waals surface area contributed by atoms with Crippen molar-refractivity contribution in [2.45, 2.75) is 46.3 Å². The smallest absolute Gasteiger partial charge is 0.154 e. The highest BCUT2D eigenvalue weighted by Crippen LogP contribution is 2.07. The molecule has 0 aromatic carbocycles. The van der Waals surface area contributed by atoms with Crippen LogP contribution >= 0.6 is 0 Å². The van der Waals surface area contributed by atoms with Crippen molar-refractivity contribution in [3.63, 3.8) is 0 Å². The van der Waals surface area contributed by atoms with Crippen LogP contribution in [-0.2, 0) is 19.1 Å². The zero-order valence-electron chi connectivity index (χ0n) is 11.2. The van der Waals surface area contributed by atoms with E-state index in [1.807, 2.05) is 20.8 Å². The zero-order chi connectivity index (χ0) is 13.7. The molecule has 0 aromatic heterocycles. The van der Waals surface area contributed by atoms with Gasteiger partial charge in [0.25, 0.3) is 0 Å². The summed E-state index contributed by atoms with van der Waals surface area (Å²) in [5.74, 6) is 0.204. The fraction of sp³-hybridized carbons (Fsp3) is 0.692. The van der Waals surface area contributed by atoms with Gasteiger partial charge in [0.1, 0.15) is 11.6 Å². The molecule has 0 bridgehead atoms. The van der Waals surface area contributed by atoms with E-state index in [2.05, 4.69) is 13.2 Å². The summed E-state index contributed by atoms with van der Waals surface area (Å²) in [6.45, 7) is 13.3. The monoisotopic (exact) mass is 244 g/mol. The number of carbonyl (C=O) groups excluding carboxylic acids is 2. The maximum atomic E-state index is 10.2. The Morgan fingerprint density at radius 3 is 1.59 bits per heavy atom. The molecule has 1 saturated carbocycles. The van der Waals surface area contributed by atoms with Crippen molar-refractivity contribution in [2.24, 2.45) is 0 Å². The minimum absolute atomic E-state index is 0.0370. The Morgan fingerprint density at radius 1 is 1.06 bits per heavy atom. The lowest BCUT2D eigenvalue weighted by atomic mass is 10.3. The molecule has 4 heteroatoms. The van der Waals surface area contributed by atoms with Crippen molar-refractivity contribution >= 4 is 11.6 Å². The maximum absolute atomic E-state index is 10.2. The van der Waals surface area contributed by atoms with Crippen LogP contribution in [0.3, 0.4) is 0 Å². The van der Waals surface area contributed by atoms with Gasteiger partial charge >= 0.3 is 0 Å². The molecule has 0 atom stereocenters. The van der Waals surface area contributed by atoms with Gasteiger partial charge in [0.2, 0.25) is 0 Å². The summed E-state index contributed by atoms with van der Waals surface area (Å²) in [5.41, 5.74) is 0. The second-order valence-electron chi connectivity index (χ2n) is 3.23. The van der Waals surface area contributed by atoms with E-state index in [4.69, 9.17) is 9.47 Å². The molecule has 0 unspecified atom stereocenters. The largest absolute Gasteiger partial charge is 0.353 e. The van der Waals surface area contributed by atoms with Crippen LogP contribution in [0.4, 0.5) is 0 Å². The number of rotatable bonds is 4. The summed E-state index contributed by atoms with van der Waals surface area (Å²) in [4.78, 5) is 20.5. The van der Waals surface area contributed by atoms with Crippen molar-refractivity contribution in [2.75, 3.05) is 13.2 Å². The quantitative estimate of drug-likeness (QED) is 0.433. The first-order chi connectivity index (χ1) is 8.10. The third-order valence-electron chi connectivity index (χ3n) is 1.88. The van der Waals surface area contributed by atoms with Crippen LogP contribution in [0, 0.1) is 0 Å². The van der Waals surface area contributed by atoms with E-state index in [0.717, 1.165) is 13.2 Å². The van der Waals surface area contributed by atoms with Crippen LogP contribution in [0.2, 0.25) is 0 Å². The van der Waals surface area contributed by atoms with E-state index in [1.165, 1.54) is 0 Å². The van der Waals surface area contributed by atoms with Crippen LogP contribution in [0.1, 0.15) is 40.0 Å². The molecule has 0 N–H and O–H groups in total. The van der Waals surface area contributed by atoms with Crippen molar-refractivity contribution in [1.82, 2.24) is 0 Å². The molecule has 0 radical (unpaired) electrons. The zero-order valence-corrected chi connectivity index (χ0v) is 11.2. The van der Waals surface area contributed by atoms with Gasteiger partial charge in [-0.2, -0.15) is 0 Å². The van der Waals surface area contributed by atoms with Gasteiger partial charge in [0.15, 0.2) is 6.29 Å². The first-order valence-corrected chi connectivity index (χ1v) is 5.86. The van der Waals surface area contributed by atoms with Crippen LogP contribution in [0.15, 0.2) is 13.2 Å². The molecule has 0 aliphatic heterocycles. The highest BCUT2D eigenvalue weighted by molar-refractivity contribution is 6.05. The van der Waals surface area contributed by atoms with Crippen LogP contribution in [0.25, 0.3) is 0 Å². The molecule has 1 fully saturated rings. The van der Waals surface area contributed by atoms with Crippen LogP contribution in [-0.4, -0.2) is 31.1 Å². The average molecular weight is 244 g/mol. The van der Waals surface area contributed by atoms with Gasteiger partial charge in [-0.3, -0.25) is 9.59 Å². The molecule has 4 nitrogen and oxygen atoms in total. The summed E-state index contributed by atoms with van der Waals surface area (Å²) in [7, 11) is 0. The Kier molecular flexibility index (Phi) is 14.1. The Balaban J connectivity index is 0. The Bertz CT molecular complexity index is 193. The standard InChI is InChI=1S/C6H14O2.C5H6O2.C2H4/c1-4-7-6(3)8-5-2;6-4-1-2-5(7)3-4;1-2/h6H,4-5H2,1-3H3;1-3H2;1-2H2. The number of ether oxygens (including phenoxy) is 2. The SMILES string of the molecule is C=C.CCOC(C)OCC.O=C1CCC(=O)C1. The van der Waals surface area contributed by atoms with Crippen molar-refractivity contribution < 1.29 is 19.1 Å². The summed E-state index contributed by atoms with van der Waals surface area (Å²) in [6, 6.07) is 0. The lowest BCUT2D eigenvalue weighted by molar-refractivity contribution is -0.123. The molecule has 0 saturated heterocycles. The predicted octanol–water partition coefficient (Wildman–Crippen LogP) is 2.52. The molecular weight excluding hydrogens is 220 g/mol. The third kappa shape index (κ3) is 12.9. The fourth-order valence-electron chi connectivity index (χ4n) is 1.19. The van der Waals surface area contributed by atoms with E-state index in [9.17, 15) is 9.59 Å². The fourth-order valence-corrected chi connectivity index (χ4v) is 1.19. The lowest BCUT2D eigenvalue weighted by Crippen LogP contribution is -2.11.